The summed E-state index contributed by atoms with van der Waals surface area (Å²) in [7, 11) is 0. The van der Waals surface area contributed by atoms with E-state index in [2.05, 4.69) is 10.4 Å². The normalized spacial score (nSPS) is 10.7. The summed E-state index contributed by atoms with van der Waals surface area (Å²) in [5.41, 5.74) is 2.41. The van der Waals surface area contributed by atoms with Crippen LogP contribution in [0.4, 0.5) is 10.1 Å². The average Bonchev–Trinajstić information content (AvgIpc) is 3.00. The maximum atomic E-state index is 13.1. The first kappa shape index (κ1) is 20.1. The minimum Gasteiger partial charge on any atom is -0.479 e. The van der Waals surface area contributed by atoms with E-state index in [4.69, 9.17) is 21.6 Å². The Morgan fingerprint density at radius 2 is 1.97 bits per heavy atom. The van der Waals surface area contributed by atoms with Gasteiger partial charge in [-0.3, -0.25) is 4.79 Å². The highest BCUT2D eigenvalue weighted by atomic mass is 35.5. The summed E-state index contributed by atoms with van der Waals surface area (Å²) in [6.45, 7) is 1.73. The van der Waals surface area contributed by atoms with Crippen LogP contribution in [-0.2, 0) is 4.79 Å². The molecule has 0 aliphatic rings. The van der Waals surface area contributed by atoms with E-state index >= 15 is 0 Å². The van der Waals surface area contributed by atoms with Gasteiger partial charge >= 0.3 is 0 Å². The number of amides is 1. The molecule has 0 spiro atoms. The number of carbonyl (C=O) groups is 1. The van der Waals surface area contributed by atoms with E-state index in [0.29, 0.717) is 33.5 Å². The van der Waals surface area contributed by atoms with Crippen molar-refractivity contribution in [3.63, 3.8) is 0 Å². The molecule has 0 aliphatic heterocycles. The Labute approximate surface area is 171 Å². The molecule has 6 nitrogen and oxygen atoms in total. The van der Waals surface area contributed by atoms with Crippen LogP contribution in [0.2, 0.25) is 5.15 Å². The predicted molar refractivity (Wildman–Crippen MR) is 108 cm³/mol. The van der Waals surface area contributed by atoms with Crippen molar-refractivity contribution in [1.82, 2.24) is 9.78 Å². The summed E-state index contributed by atoms with van der Waals surface area (Å²) >= 11 is 6.39. The zero-order valence-electron chi connectivity index (χ0n) is 15.4. The maximum absolute atomic E-state index is 13.1. The van der Waals surface area contributed by atoms with E-state index in [1.54, 1.807) is 49.4 Å². The Hall–Kier alpha value is -3.63. The molecule has 8 heteroatoms. The number of anilines is 1. The van der Waals surface area contributed by atoms with E-state index in [0.717, 1.165) is 0 Å². The number of nitrogens with zero attached hydrogens (tertiary/aromatic N) is 3. The van der Waals surface area contributed by atoms with Crippen molar-refractivity contribution in [3.05, 3.63) is 76.8 Å². The van der Waals surface area contributed by atoms with Crippen molar-refractivity contribution >= 4 is 29.3 Å². The van der Waals surface area contributed by atoms with Crippen LogP contribution in [0.5, 0.6) is 5.75 Å². The number of hydrogen-bond donors (Lipinski definition) is 1. The number of benzene rings is 2. The molecular formula is C21H16ClFN4O2. The van der Waals surface area contributed by atoms with Crippen molar-refractivity contribution in [2.24, 2.45) is 0 Å². The van der Waals surface area contributed by atoms with Gasteiger partial charge in [0.1, 0.15) is 22.8 Å². The number of aromatic nitrogens is 2. The van der Waals surface area contributed by atoms with Crippen LogP contribution in [0.15, 0.2) is 54.6 Å². The molecule has 1 heterocycles. The van der Waals surface area contributed by atoms with Crippen LogP contribution in [0, 0.1) is 24.1 Å². The Morgan fingerprint density at radius 1 is 1.28 bits per heavy atom. The molecule has 1 aromatic heterocycles. The molecule has 0 saturated heterocycles. The molecule has 29 heavy (non-hydrogen) atoms. The van der Waals surface area contributed by atoms with Gasteiger partial charge in [-0.1, -0.05) is 11.6 Å². The van der Waals surface area contributed by atoms with E-state index in [9.17, 15) is 9.18 Å². The number of nitrogens with one attached hydrogen (secondary N) is 1. The highest BCUT2D eigenvalue weighted by Gasteiger charge is 2.13. The van der Waals surface area contributed by atoms with Gasteiger partial charge < -0.3 is 10.1 Å². The molecule has 3 aromatic rings. The van der Waals surface area contributed by atoms with Gasteiger partial charge in [0.05, 0.1) is 11.4 Å². The lowest BCUT2D eigenvalue weighted by atomic mass is 10.2. The summed E-state index contributed by atoms with van der Waals surface area (Å²) in [6, 6.07) is 14.3. The topological polar surface area (TPSA) is 79.9 Å². The van der Waals surface area contributed by atoms with Crippen LogP contribution in [0.3, 0.4) is 0 Å². The van der Waals surface area contributed by atoms with Crippen LogP contribution in [0.1, 0.15) is 11.3 Å². The Kier molecular flexibility index (Phi) is 6.27. The standard InChI is InChI=1S/C21H16ClFN4O2/c1-14-19(21(22)27(26-14)17-6-2-15(23)3-7-17)10-11-20(28)25-16-4-8-18(9-5-16)29-13-12-24/h2-11H,13H2,1H3,(H,25,28). The fraction of sp³-hybridized carbons (Fsp3) is 0.0952. The maximum Gasteiger partial charge on any atom is 0.248 e. The second-order valence-corrected chi connectivity index (χ2v) is 6.33. The Morgan fingerprint density at radius 3 is 2.62 bits per heavy atom. The first-order valence-corrected chi connectivity index (χ1v) is 8.95. The van der Waals surface area contributed by atoms with Gasteiger partial charge in [-0.15, -0.1) is 0 Å². The number of halogens is 2. The molecular weight excluding hydrogens is 395 g/mol. The largest absolute Gasteiger partial charge is 0.479 e. The fourth-order valence-electron chi connectivity index (χ4n) is 2.55. The lowest BCUT2D eigenvalue weighted by Gasteiger charge is -2.04. The number of aryl methyl sites for hydroxylation is 1. The minimum absolute atomic E-state index is 0.0415. The molecule has 3 rings (SSSR count). The summed E-state index contributed by atoms with van der Waals surface area (Å²) in [6.07, 6.45) is 2.93. The summed E-state index contributed by atoms with van der Waals surface area (Å²) in [4.78, 5) is 12.2. The molecule has 0 bridgehead atoms. The van der Waals surface area contributed by atoms with Crippen molar-refractivity contribution in [2.75, 3.05) is 11.9 Å². The Balaban J connectivity index is 1.70. The first-order valence-electron chi connectivity index (χ1n) is 8.58. The average molecular weight is 411 g/mol. The third-order valence-corrected chi connectivity index (χ3v) is 4.31. The number of hydrogen-bond acceptors (Lipinski definition) is 4. The van der Waals surface area contributed by atoms with Gasteiger partial charge in [-0.25, -0.2) is 9.07 Å². The summed E-state index contributed by atoms with van der Waals surface area (Å²) < 4.78 is 19.8. The molecule has 0 aliphatic carbocycles. The van der Waals surface area contributed by atoms with Crippen molar-refractivity contribution < 1.29 is 13.9 Å². The van der Waals surface area contributed by atoms with Crippen LogP contribution < -0.4 is 10.1 Å². The van der Waals surface area contributed by atoms with Gasteiger partial charge in [0.15, 0.2) is 6.61 Å². The third kappa shape index (κ3) is 5.00. The summed E-state index contributed by atoms with van der Waals surface area (Å²) in [5.74, 6) is -0.161. The molecule has 0 fully saturated rings. The Bertz CT molecular complexity index is 1080. The second-order valence-electron chi connectivity index (χ2n) is 5.97. The number of ether oxygens (including phenoxy) is 1. The van der Waals surface area contributed by atoms with Crippen LogP contribution >= 0.6 is 11.6 Å². The highest BCUT2D eigenvalue weighted by molar-refractivity contribution is 6.31. The third-order valence-electron chi connectivity index (χ3n) is 3.95. The lowest BCUT2D eigenvalue weighted by molar-refractivity contribution is -0.111. The highest BCUT2D eigenvalue weighted by Crippen LogP contribution is 2.25. The molecule has 1 amide bonds. The fourth-order valence-corrected chi connectivity index (χ4v) is 2.88. The second kappa shape index (κ2) is 9.04. The van der Waals surface area contributed by atoms with Gasteiger partial charge in [-0.05, 0) is 61.5 Å². The van der Waals surface area contributed by atoms with E-state index in [1.165, 1.54) is 22.9 Å². The quantitative estimate of drug-likeness (QED) is 0.605. The van der Waals surface area contributed by atoms with Gasteiger partial charge in [0.2, 0.25) is 5.91 Å². The van der Waals surface area contributed by atoms with Crippen molar-refractivity contribution in [1.29, 1.82) is 5.26 Å². The molecule has 0 saturated carbocycles. The smallest absolute Gasteiger partial charge is 0.248 e. The minimum atomic E-state index is -0.352. The van der Waals surface area contributed by atoms with Crippen molar-refractivity contribution in [3.8, 4) is 17.5 Å². The van der Waals surface area contributed by atoms with Crippen molar-refractivity contribution in [2.45, 2.75) is 6.92 Å². The number of rotatable bonds is 6. The lowest BCUT2D eigenvalue weighted by Crippen LogP contribution is -2.07. The SMILES string of the molecule is Cc1nn(-c2ccc(F)cc2)c(Cl)c1C=CC(=O)Nc1ccc(OCC#N)cc1. The molecule has 0 unspecified atom stereocenters. The van der Waals surface area contributed by atoms with E-state index < -0.39 is 0 Å². The van der Waals surface area contributed by atoms with Crippen LogP contribution in [0.25, 0.3) is 11.8 Å². The van der Waals surface area contributed by atoms with E-state index in [1.807, 2.05) is 6.07 Å². The first-order chi connectivity index (χ1) is 14.0. The number of nitriles is 1. The summed E-state index contributed by atoms with van der Waals surface area (Å²) in [5, 5.41) is 15.9. The predicted octanol–water partition coefficient (Wildman–Crippen LogP) is 4.53. The number of carbonyl (C=O) groups excluding carboxylic acids is 1. The molecule has 2 aromatic carbocycles. The molecule has 0 radical (unpaired) electrons. The zero-order chi connectivity index (χ0) is 20.8. The van der Waals surface area contributed by atoms with Gasteiger partial charge in [0.25, 0.3) is 0 Å². The molecule has 146 valence electrons. The van der Waals surface area contributed by atoms with Gasteiger partial charge in [-0.2, -0.15) is 10.4 Å². The monoisotopic (exact) mass is 410 g/mol. The zero-order valence-corrected chi connectivity index (χ0v) is 16.2. The van der Waals surface area contributed by atoms with E-state index in [-0.39, 0.29) is 18.3 Å². The molecule has 1 N–H and O–H groups in total. The van der Waals surface area contributed by atoms with Gasteiger partial charge in [0, 0.05) is 17.3 Å². The molecule has 0 atom stereocenters. The van der Waals surface area contributed by atoms with Crippen LogP contribution in [-0.4, -0.2) is 22.3 Å².